The minimum absolute atomic E-state index is 0.302. The van der Waals surface area contributed by atoms with Gasteiger partial charge in [-0.1, -0.05) is 20.8 Å². The molecule has 0 heterocycles. The minimum Gasteiger partial charge on any atom is -0.468 e. The summed E-state index contributed by atoms with van der Waals surface area (Å²) in [7, 11) is -2.96. The molecule has 0 spiro atoms. The van der Waals surface area contributed by atoms with E-state index in [0.717, 1.165) is 25.3 Å². The number of sulfonamides is 1. The van der Waals surface area contributed by atoms with E-state index in [-0.39, 0.29) is 4.90 Å². The third-order valence-electron chi connectivity index (χ3n) is 2.94. The van der Waals surface area contributed by atoms with Gasteiger partial charge in [-0.3, -0.25) is 4.79 Å². The zero-order valence-corrected chi connectivity index (χ0v) is 13.5. The van der Waals surface area contributed by atoms with E-state index in [2.05, 4.69) is 9.46 Å². The Balaban J connectivity index is 3.24. The number of hydrogen-bond acceptors (Lipinski definition) is 5. The van der Waals surface area contributed by atoms with Gasteiger partial charge in [0, 0.05) is 0 Å². The van der Waals surface area contributed by atoms with Crippen molar-refractivity contribution < 1.29 is 22.3 Å². The van der Waals surface area contributed by atoms with Gasteiger partial charge in [-0.15, -0.1) is 0 Å². The van der Waals surface area contributed by atoms with E-state index in [1.54, 1.807) is 26.8 Å². The monoisotopic (exact) mass is 328 g/mol. The Morgan fingerprint density at radius 1 is 1.41 bits per heavy atom. The number of nitriles is 1. The zero-order chi connectivity index (χ0) is 17.1. The number of methoxy groups -OCH3 is 1. The Morgan fingerprint density at radius 2 is 2.00 bits per heavy atom. The average molecular weight is 328 g/mol. The fourth-order valence-electron chi connectivity index (χ4n) is 1.68. The molecule has 1 aromatic carbocycles. The van der Waals surface area contributed by atoms with Crippen molar-refractivity contribution in [3.8, 4) is 6.07 Å². The van der Waals surface area contributed by atoms with Crippen LogP contribution in [0, 0.1) is 22.6 Å². The van der Waals surface area contributed by atoms with Crippen LogP contribution in [-0.4, -0.2) is 27.5 Å². The van der Waals surface area contributed by atoms with Crippen LogP contribution in [0.25, 0.3) is 0 Å². The Hall–Kier alpha value is -1.98. The maximum atomic E-state index is 13.3. The molecule has 0 amide bonds. The van der Waals surface area contributed by atoms with Crippen LogP contribution in [0.3, 0.4) is 0 Å². The first kappa shape index (κ1) is 18.1. The number of carbonyl (C=O) groups excluding carboxylic acids is 1. The van der Waals surface area contributed by atoms with Crippen LogP contribution in [0.1, 0.15) is 26.3 Å². The van der Waals surface area contributed by atoms with Crippen molar-refractivity contribution in [2.45, 2.75) is 31.7 Å². The standard InChI is InChI=1S/C14H17FN2O4S/c1-14(2,3)12(13(18)21-4)17-22(19,20)10-5-6-11(15)9(7-10)8-16/h5-7,12,17H,1-4H3. The van der Waals surface area contributed by atoms with E-state index in [1.807, 2.05) is 0 Å². The SMILES string of the molecule is COC(=O)C(NS(=O)(=O)c1ccc(F)c(C#N)c1)C(C)(C)C. The highest BCUT2D eigenvalue weighted by Crippen LogP contribution is 2.23. The lowest BCUT2D eigenvalue weighted by atomic mass is 9.87. The van der Waals surface area contributed by atoms with Crippen molar-refractivity contribution >= 4 is 16.0 Å². The van der Waals surface area contributed by atoms with E-state index in [4.69, 9.17) is 5.26 Å². The minimum atomic E-state index is -4.12. The molecule has 0 aliphatic rings. The molecular formula is C14H17FN2O4S. The van der Waals surface area contributed by atoms with Crippen LogP contribution in [0.5, 0.6) is 0 Å². The van der Waals surface area contributed by atoms with E-state index in [1.165, 1.54) is 0 Å². The van der Waals surface area contributed by atoms with Gasteiger partial charge in [0.15, 0.2) is 0 Å². The van der Waals surface area contributed by atoms with Gasteiger partial charge < -0.3 is 4.74 Å². The van der Waals surface area contributed by atoms with Gasteiger partial charge in [0.05, 0.1) is 17.6 Å². The summed E-state index contributed by atoms with van der Waals surface area (Å²) >= 11 is 0. The highest BCUT2D eigenvalue weighted by molar-refractivity contribution is 7.89. The predicted molar refractivity (Wildman–Crippen MR) is 76.7 cm³/mol. The lowest BCUT2D eigenvalue weighted by Crippen LogP contribution is -2.49. The van der Waals surface area contributed by atoms with Gasteiger partial charge >= 0.3 is 5.97 Å². The van der Waals surface area contributed by atoms with Crippen LogP contribution in [0.4, 0.5) is 4.39 Å². The largest absolute Gasteiger partial charge is 0.468 e. The third kappa shape index (κ3) is 4.02. The fourth-order valence-corrected chi connectivity index (χ4v) is 3.09. The maximum absolute atomic E-state index is 13.3. The molecule has 1 N–H and O–H groups in total. The molecule has 0 bridgehead atoms. The molecule has 120 valence electrons. The van der Waals surface area contributed by atoms with Gasteiger partial charge in [0.25, 0.3) is 0 Å². The van der Waals surface area contributed by atoms with Gasteiger partial charge in [-0.25, -0.2) is 12.8 Å². The zero-order valence-electron chi connectivity index (χ0n) is 12.7. The number of rotatable bonds is 4. The molecule has 0 saturated carbocycles. The summed E-state index contributed by atoms with van der Waals surface area (Å²) in [5.41, 5.74) is -1.13. The molecule has 1 aromatic rings. The molecule has 0 aliphatic carbocycles. The molecule has 0 saturated heterocycles. The molecule has 8 heteroatoms. The second-order valence-corrected chi connectivity index (χ2v) is 7.41. The quantitative estimate of drug-likeness (QED) is 0.846. The molecule has 1 unspecified atom stereocenters. The first-order valence-corrected chi connectivity index (χ1v) is 7.81. The molecule has 0 fully saturated rings. The topological polar surface area (TPSA) is 96.3 Å². The normalized spacial score (nSPS) is 13.3. The molecule has 0 radical (unpaired) electrons. The van der Waals surface area contributed by atoms with Gasteiger partial charge in [0.2, 0.25) is 10.0 Å². The van der Waals surface area contributed by atoms with Crippen molar-refractivity contribution in [3.63, 3.8) is 0 Å². The predicted octanol–water partition coefficient (Wildman–Crippen LogP) is 1.56. The van der Waals surface area contributed by atoms with Gasteiger partial charge in [0.1, 0.15) is 17.9 Å². The molecule has 6 nitrogen and oxygen atoms in total. The first-order valence-electron chi connectivity index (χ1n) is 6.32. The van der Waals surface area contributed by atoms with Crippen LogP contribution < -0.4 is 4.72 Å². The maximum Gasteiger partial charge on any atom is 0.324 e. The Kier molecular flexibility index (Phi) is 5.27. The Morgan fingerprint density at radius 3 is 2.45 bits per heavy atom. The summed E-state index contributed by atoms with van der Waals surface area (Å²) in [6.07, 6.45) is 0. The number of nitrogens with one attached hydrogen (secondary N) is 1. The summed E-state index contributed by atoms with van der Waals surface area (Å²) in [4.78, 5) is 11.5. The van der Waals surface area contributed by atoms with Crippen LogP contribution in [-0.2, 0) is 19.6 Å². The highest BCUT2D eigenvalue weighted by Gasteiger charge is 2.36. The first-order chi connectivity index (χ1) is 10.0. The molecule has 0 aromatic heterocycles. The number of esters is 1. The smallest absolute Gasteiger partial charge is 0.324 e. The summed E-state index contributed by atoms with van der Waals surface area (Å²) in [5, 5.41) is 8.77. The van der Waals surface area contributed by atoms with Crippen LogP contribution in [0.2, 0.25) is 0 Å². The molecule has 1 rings (SSSR count). The molecule has 22 heavy (non-hydrogen) atoms. The van der Waals surface area contributed by atoms with E-state index in [0.29, 0.717) is 0 Å². The highest BCUT2D eigenvalue weighted by atomic mass is 32.2. The molecule has 0 aliphatic heterocycles. The van der Waals surface area contributed by atoms with Crippen molar-refractivity contribution in [2.24, 2.45) is 5.41 Å². The van der Waals surface area contributed by atoms with Gasteiger partial charge in [-0.2, -0.15) is 9.98 Å². The average Bonchev–Trinajstić information content (AvgIpc) is 2.43. The number of halogens is 1. The van der Waals surface area contributed by atoms with Crippen molar-refractivity contribution in [1.29, 1.82) is 5.26 Å². The molecule has 1 atom stereocenters. The van der Waals surface area contributed by atoms with Crippen LogP contribution in [0.15, 0.2) is 23.1 Å². The number of hydrogen-bond donors (Lipinski definition) is 1. The lowest BCUT2D eigenvalue weighted by Gasteiger charge is -2.28. The van der Waals surface area contributed by atoms with Crippen LogP contribution >= 0.6 is 0 Å². The van der Waals surface area contributed by atoms with E-state index < -0.39 is 38.8 Å². The van der Waals surface area contributed by atoms with E-state index >= 15 is 0 Å². The van der Waals surface area contributed by atoms with E-state index in [9.17, 15) is 17.6 Å². The Labute approximate surface area is 128 Å². The summed E-state index contributed by atoms with van der Waals surface area (Å²) in [5.74, 6) is -1.56. The molecular weight excluding hydrogens is 311 g/mol. The number of ether oxygens (including phenoxy) is 1. The number of carbonyl (C=O) groups is 1. The third-order valence-corrected chi connectivity index (χ3v) is 4.37. The Bertz CT molecular complexity index is 717. The lowest BCUT2D eigenvalue weighted by molar-refractivity contribution is -0.145. The fraction of sp³-hybridized carbons (Fsp3) is 0.429. The summed E-state index contributed by atoms with van der Waals surface area (Å²) < 4.78 is 44.8. The second-order valence-electron chi connectivity index (χ2n) is 5.70. The van der Waals surface area contributed by atoms with Crippen molar-refractivity contribution in [3.05, 3.63) is 29.6 Å². The van der Waals surface area contributed by atoms with Gasteiger partial charge in [-0.05, 0) is 23.6 Å². The summed E-state index contributed by atoms with van der Waals surface area (Å²) in [6.45, 7) is 5.01. The van der Waals surface area contributed by atoms with Crippen molar-refractivity contribution in [1.82, 2.24) is 4.72 Å². The number of nitrogens with zero attached hydrogens (tertiary/aromatic N) is 1. The number of benzene rings is 1. The van der Waals surface area contributed by atoms with Crippen molar-refractivity contribution in [2.75, 3.05) is 7.11 Å². The summed E-state index contributed by atoms with van der Waals surface area (Å²) in [6, 6.07) is 3.26. The second kappa shape index (κ2) is 6.42.